The second-order valence-electron chi connectivity index (χ2n) is 7.11. The van der Waals surface area contributed by atoms with E-state index in [1.54, 1.807) is 16.9 Å². The first-order valence-electron chi connectivity index (χ1n) is 9.23. The van der Waals surface area contributed by atoms with Crippen molar-refractivity contribution in [1.29, 1.82) is 0 Å². The van der Waals surface area contributed by atoms with E-state index in [0.29, 0.717) is 17.4 Å². The number of hydrogen-bond donors (Lipinski definition) is 1. The summed E-state index contributed by atoms with van der Waals surface area (Å²) in [6.45, 7) is 2.07. The van der Waals surface area contributed by atoms with Gasteiger partial charge in [-0.05, 0) is 37.1 Å². The summed E-state index contributed by atoms with van der Waals surface area (Å²) in [5.74, 6) is 0.0512. The molecule has 0 bridgehead atoms. The van der Waals surface area contributed by atoms with E-state index in [1.165, 1.54) is 12.3 Å². The molecule has 4 rings (SSSR count). The zero-order valence-electron chi connectivity index (χ0n) is 16.4. The van der Waals surface area contributed by atoms with Gasteiger partial charge in [0.05, 0.1) is 11.9 Å². The lowest BCUT2D eigenvalue weighted by Gasteiger charge is -2.29. The van der Waals surface area contributed by atoms with Gasteiger partial charge in [-0.25, -0.2) is 9.97 Å². The fourth-order valence-corrected chi connectivity index (χ4v) is 3.50. The van der Waals surface area contributed by atoms with Crippen LogP contribution in [0.3, 0.4) is 0 Å². The van der Waals surface area contributed by atoms with E-state index in [1.807, 2.05) is 43.7 Å². The molecule has 4 aromatic heterocycles. The van der Waals surface area contributed by atoms with E-state index in [0.717, 1.165) is 16.8 Å². The molecule has 0 aliphatic carbocycles. The number of hydrogen-bond acceptors (Lipinski definition) is 6. The summed E-state index contributed by atoms with van der Waals surface area (Å²) < 4.78 is 6.50. The van der Waals surface area contributed by atoms with E-state index >= 15 is 0 Å². The Morgan fingerprint density at radius 1 is 1.27 bits per heavy atom. The van der Waals surface area contributed by atoms with Gasteiger partial charge in [-0.2, -0.15) is 5.10 Å². The normalized spacial score (nSPS) is 13.0. The number of aryl methyl sites for hydroxylation is 1. The maximum atomic E-state index is 12.5. The van der Waals surface area contributed by atoms with Crippen molar-refractivity contribution in [3.05, 3.63) is 88.9 Å². The molecule has 0 saturated carbocycles. The Kier molecular flexibility index (Phi) is 5.33. The molecule has 1 N–H and O–H groups in total. The van der Waals surface area contributed by atoms with E-state index in [2.05, 4.69) is 32.5 Å². The second-order valence-corrected chi connectivity index (χ2v) is 7.49. The molecule has 1 amide bonds. The summed E-state index contributed by atoms with van der Waals surface area (Å²) in [7, 11) is 1.86. The molecule has 8 nitrogen and oxygen atoms in total. The number of amides is 1. The van der Waals surface area contributed by atoms with Crippen LogP contribution in [0, 0.1) is 0 Å². The van der Waals surface area contributed by atoms with Crippen LogP contribution in [0.15, 0.2) is 65.8 Å². The van der Waals surface area contributed by atoms with Crippen LogP contribution in [-0.4, -0.2) is 30.8 Å². The van der Waals surface area contributed by atoms with Crippen molar-refractivity contribution in [3.8, 4) is 0 Å². The molecule has 0 fully saturated rings. The lowest BCUT2D eigenvalue weighted by Crippen LogP contribution is -2.28. The number of nitrogens with zero attached hydrogens (tertiary/aromatic N) is 5. The van der Waals surface area contributed by atoms with Gasteiger partial charge in [0.25, 0.3) is 5.91 Å². The molecule has 0 spiro atoms. The van der Waals surface area contributed by atoms with E-state index in [4.69, 9.17) is 16.1 Å². The van der Waals surface area contributed by atoms with Crippen LogP contribution < -0.4 is 5.32 Å². The monoisotopic (exact) mass is 422 g/mol. The number of carbonyl (C=O) groups is 1. The molecular formula is C21H19ClN6O2. The number of carbonyl (C=O) groups excluding carboxylic acids is 1. The minimum Gasteiger partial charge on any atom is -0.364 e. The Hall–Kier alpha value is -3.52. The minimum absolute atomic E-state index is 0.179. The number of aromatic nitrogens is 5. The van der Waals surface area contributed by atoms with Gasteiger partial charge in [-0.3, -0.25) is 9.48 Å². The predicted molar refractivity (Wildman–Crippen MR) is 111 cm³/mol. The second kappa shape index (κ2) is 8.08. The summed E-state index contributed by atoms with van der Waals surface area (Å²) in [6, 6.07) is 10.8. The summed E-state index contributed by atoms with van der Waals surface area (Å²) in [5.41, 5.74) is 2.22. The molecule has 9 heteroatoms. The molecule has 1 atom stereocenters. The van der Waals surface area contributed by atoms with Crippen molar-refractivity contribution in [2.24, 2.45) is 7.05 Å². The maximum Gasteiger partial charge on any atom is 0.279 e. The van der Waals surface area contributed by atoms with E-state index in [-0.39, 0.29) is 5.69 Å². The highest BCUT2D eigenvalue weighted by molar-refractivity contribution is 6.29. The third-order valence-corrected chi connectivity index (χ3v) is 5.17. The molecular weight excluding hydrogens is 404 g/mol. The molecule has 0 aliphatic heterocycles. The van der Waals surface area contributed by atoms with Gasteiger partial charge in [0.1, 0.15) is 17.2 Å². The van der Waals surface area contributed by atoms with Crippen LogP contribution in [0.5, 0.6) is 0 Å². The first-order chi connectivity index (χ1) is 14.5. The topological polar surface area (TPSA) is 98.7 Å². The van der Waals surface area contributed by atoms with Crippen LogP contribution in [0.25, 0.3) is 0 Å². The lowest BCUT2D eigenvalue weighted by molar-refractivity contribution is 0.101. The standard InChI is InChI=1S/C21H19ClN6O2/c1-21(15-12-24-28(2)13-15,17-6-3-7-18(22)25-17)11-14-5-4-9-23-19(14)26-20(29)16-8-10-30-27-16/h3-10,12-13H,11H2,1-2H3,(H,23,26,29). The molecule has 4 aromatic rings. The summed E-state index contributed by atoms with van der Waals surface area (Å²) in [4.78, 5) is 21.4. The Balaban J connectivity index is 1.73. The molecule has 1 unspecified atom stereocenters. The average Bonchev–Trinajstić information content (AvgIpc) is 3.41. The maximum absolute atomic E-state index is 12.5. The van der Waals surface area contributed by atoms with Crippen LogP contribution in [0.1, 0.15) is 34.2 Å². The molecule has 30 heavy (non-hydrogen) atoms. The molecule has 0 radical (unpaired) electrons. The van der Waals surface area contributed by atoms with Crippen molar-refractivity contribution >= 4 is 23.3 Å². The van der Waals surface area contributed by atoms with Gasteiger partial charge in [-0.15, -0.1) is 0 Å². The fraction of sp³-hybridized carbons (Fsp3) is 0.190. The summed E-state index contributed by atoms with van der Waals surface area (Å²) >= 11 is 6.19. The predicted octanol–water partition coefficient (Wildman–Crippen LogP) is 3.65. The van der Waals surface area contributed by atoms with Crippen molar-refractivity contribution in [2.75, 3.05) is 5.32 Å². The smallest absolute Gasteiger partial charge is 0.279 e. The van der Waals surface area contributed by atoms with Gasteiger partial charge >= 0.3 is 0 Å². The largest absolute Gasteiger partial charge is 0.364 e. The Labute approximate surface area is 177 Å². The zero-order chi connectivity index (χ0) is 21.1. The SMILES string of the molecule is Cn1cc(C(C)(Cc2cccnc2NC(=O)c2ccon2)c2cccc(Cl)n2)cn1. The van der Waals surface area contributed by atoms with Gasteiger partial charge in [0.15, 0.2) is 5.69 Å². The van der Waals surface area contributed by atoms with Crippen LogP contribution in [-0.2, 0) is 18.9 Å². The van der Waals surface area contributed by atoms with Gasteiger partial charge in [0, 0.05) is 36.5 Å². The first-order valence-corrected chi connectivity index (χ1v) is 9.61. The molecule has 0 aliphatic rings. The van der Waals surface area contributed by atoms with Crippen LogP contribution in [0.4, 0.5) is 5.82 Å². The van der Waals surface area contributed by atoms with Gasteiger partial charge < -0.3 is 9.84 Å². The molecule has 152 valence electrons. The third-order valence-electron chi connectivity index (χ3n) is 4.96. The molecule has 0 saturated heterocycles. The number of anilines is 1. The van der Waals surface area contributed by atoms with E-state index in [9.17, 15) is 4.79 Å². The van der Waals surface area contributed by atoms with Crippen molar-refractivity contribution in [3.63, 3.8) is 0 Å². The highest BCUT2D eigenvalue weighted by Crippen LogP contribution is 2.36. The van der Waals surface area contributed by atoms with Gasteiger partial charge in [-0.1, -0.05) is 28.9 Å². The first kappa shape index (κ1) is 19.8. The highest BCUT2D eigenvalue weighted by atomic mass is 35.5. The average molecular weight is 423 g/mol. The summed E-state index contributed by atoms with van der Waals surface area (Å²) in [6.07, 6.45) is 7.24. The quantitative estimate of drug-likeness (QED) is 0.476. The number of halogens is 1. The zero-order valence-corrected chi connectivity index (χ0v) is 17.2. The van der Waals surface area contributed by atoms with Crippen LogP contribution in [0.2, 0.25) is 5.15 Å². The van der Waals surface area contributed by atoms with Crippen molar-refractivity contribution < 1.29 is 9.32 Å². The molecule has 4 heterocycles. The summed E-state index contributed by atoms with van der Waals surface area (Å²) in [5, 5.41) is 11.2. The number of pyridine rings is 2. The van der Waals surface area contributed by atoms with E-state index < -0.39 is 11.3 Å². The Morgan fingerprint density at radius 2 is 2.13 bits per heavy atom. The molecule has 0 aromatic carbocycles. The number of nitrogens with one attached hydrogen (secondary N) is 1. The number of rotatable bonds is 6. The Morgan fingerprint density at radius 3 is 2.83 bits per heavy atom. The van der Waals surface area contributed by atoms with Crippen molar-refractivity contribution in [2.45, 2.75) is 18.8 Å². The lowest BCUT2D eigenvalue weighted by atomic mass is 9.75. The van der Waals surface area contributed by atoms with Crippen LogP contribution >= 0.6 is 11.6 Å². The van der Waals surface area contributed by atoms with Gasteiger partial charge in [0.2, 0.25) is 0 Å². The fourth-order valence-electron chi connectivity index (χ4n) is 3.34. The van der Waals surface area contributed by atoms with Crippen molar-refractivity contribution in [1.82, 2.24) is 24.9 Å². The Bertz CT molecular complexity index is 1170. The third kappa shape index (κ3) is 3.95. The highest BCUT2D eigenvalue weighted by Gasteiger charge is 2.33. The minimum atomic E-state index is -0.560.